The van der Waals surface area contributed by atoms with Crippen LogP contribution < -0.4 is 20.1 Å². The van der Waals surface area contributed by atoms with E-state index in [0.717, 1.165) is 5.56 Å². The maximum atomic E-state index is 12.5. The summed E-state index contributed by atoms with van der Waals surface area (Å²) in [6.07, 6.45) is 2.86. The molecule has 0 radical (unpaired) electrons. The number of anilines is 1. The molecular weight excluding hydrogens is 454 g/mol. The van der Waals surface area contributed by atoms with Gasteiger partial charge in [-0.2, -0.15) is 0 Å². The summed E-state index contributed by atoms with van der Waals surface area (Å²) in [5.41, 5.74) is 1.03. The van der Waals surface area contributed by atoms with Crippen LogP contribution in [0.5, 0.6) is 11.5 Å². The quantitative estimate of drug-likeness (QED) is 0.324. The van der Waals surface area contributed by atoms with Gasteiger partial charge in [0, 0.05) is 17.3 Å². The molecule has 180 valence electrons. The molecule has 4 rings (SSSR count). The highest BCUT2D eigenvalue weighted by molar-refractivity contribution is 6.39. The second kappa shape index (κ2) is 10.0. The van der Waals surface area contributed by atoms with Crippen LogP contribution in [0.3, 0.4) is 0 Å². The third-order valence-electron chi connectivity index (χ3n) is 4.89. The molecule has 0 fully saturated rings. The fourth-order valence-electron chi connectivity index (χ4n) is 3.16. The van der Waals surface area contributed by atoms with Crippen LogP contribution in [0.4, 0.5) is 5.69 Å². The molecule has 0 atom stereocenters. The number of methoxy groups -OCH3 is 1. The van der Waals surface area contributed by atoms with Crippen molar-refractivity contribution < 1.29 is 23.5 Å². The van der Waals surface area contributed by atoms with Crippen LogP contribution in [-0.2, 0) is 9.59 Å². The van der Waals surface area contributed by atoms with Crippen LogP contribution in [0.15, 0.2) is 59.5 Å². The van der Waals surface area contributed by atoms with Gasteiger partial charge in [0.15, 0.2) is 18.0 Å². The van der Waals surface area contributed by atoms with Gasteiger partial charge in [0.1, 0.15) is 18.1 Å². The molecule has 0 bridgehead atoms. The number of rotatable bonds is 8. The molecule has 12 heteroatoms. The smallest absolute Gasteiger partial charge is 0.313 e. The standard InChI is InChI=1S/C23H23N7O5/c1-23(2,12-34-16-7-4-14(5-8-16)20-27-29-30-28-20)26-22(32)21(31)25-15-6-9-17(18(10-15)33-3)19-11-24-13-35-19/h4-11,13H,12H2,1-3H3,(H,25,31)(H,26,32)(H,27,28,29,30). The van der Waals surface area contributed by atoms with Gasteiger partial charge >= 0.3 is 11.8 Å². The largest absolute Gasteiger partial charge is 0.496 e. The third kappa shape index (κ3) is 5.79. The number of tetrazole rings is 1. The van der Waals surface area contributed by atoms with Gasteiger partial charge in [0.2, 0.25) is 0 Å². The van der Waals surface area contributed by atoms with E-state index in [9.17, 15) is 9.59 Å². The average molecular weight is 477 g/mol. The number of nitrogens with zero attached hydrogens (tertiary/aromatic N) is 4. The van der Waals surface area contributed by atoms with Crippen molar-refractivity contribution in [3.8, 4) is 34.2 Å². The lowest BCUT2D eigenvalue weighted by atomic mass is 10.1. The van der Waals surface area contributed by atoms with Crippen molar-refractivity contribution >= 4 is 17.5 Å². The van der Waals surface area contributed by atoms with E-state index in [2.05, 4.69) is 36.2 Å². The van der Waals surface area contributed by atoms with Gasteiger partial charge in [0.25, 0.3) is 0 Å². The second-order valence-corrected chi connectivity index (χ2v) is 8.14. The molecule has 2 aromatic carbocycles. The predicted octanol–water partition coefficient (Wildman–Crippen LogP) is 2.44. The Bertz CT molecular complexity index is 1290. The summed E-state index contributed by atoms with van der Waals surface area (Å²) in [6.45, 7) is 3.64. The molecule has 35 heavy (non-hydrogen) atoms. The summed E-state index contributed by atoms with van der Waals surface area (Å²) in [7, 11) is 1.50. The van der Waals surface area contributed by atoms with Crippen molar-refractivity contribution in [3.63, 3.8) is 0 Å². The van der Waals surface area contributed by atoms with Gasteiger partial charge < -0.3 is 24.5 Å². The average Bonchev–Trinajstić information content (AvgIpc) is 3.57. The van der Waals surface area contributed by atoms with Gasteiger partial charge in [0.05, 0.1) is 24.4 Å². The van der Waals surface area contributed by atoms with Crippen molar-refractivity contribution in [2.24, 2.45) is 0 Å². The number of aromatic amines is 1. The Balaban J connectivity index is 1.32. The number of amides is 2. The van der Waals surface area contributed by atoms with Crippen molar-refractivity contribution in [1.82, 2.24) is 30.9 Å². The Hall–Kier alpha value is -4.74. The number of H-pyrrole nitrogens is 1. The Kier molecular flexibility index (Phi) is 6.71. The summed E-state index contributed by atoms with van der Waals surface area (Å²) >= 11 is 0. The van der Waals surface area contributed by atoms with Gasteiger partial charge in [-0.1, -0.05) is 0 Å². The van der Waals surface area contributed by atoms with Crippen LogP contribution in [0.2, 0.25) is 0 Å². The van der Waals surface area contributed by atoms with E-state index in [0.29, 0.717) is 34.3 Å². The van der Waals surface area contributed by atoms with E-state index < -0.39 is 17.4 Å². The van der Waals surface area contributed by atoms with Crippen LogP contribution in [0.1, 0.15) is 13.8 Å². The third-order valence-corrected chi connectivity index (χ3v) is 4.89. The maximum absolute atomic E-state index is 12.5. The van der Waals surface area contributed by atoms with E-state index in [4.69, 9.17) is 13.9 Å². The van der Waals surface area contributed by atoms with Crippen molar-refractivity contribution in [2.45, 2.75) is 19.4 Å². The minimum absolute atomic E-state index is 0.134. The highest BCUT2D eigenvalue weighted by Crippen LogP contribution is 2.32. The molecule has 4 aromatic rings. The van der Waals surface area contributed by atoms with Crippen molar-refractivity contribution in [2.75, 3.05) is 19.0 Å². The SMILES string of the molecule is COc1cc(NC(=O)C(=O)NC(C)(C)COc2ccc(-c3nnn[nH]3)cc2)ccc1-c1cnco1. The zero-order chi connectivity index (χ0) is 24.8. The molecule has 2 amide bonds. The number of carbonyl (C=O) groups excluding carboxylic acids is 2. The molecule has 2 heterocycles. The predicted molar refractivity (Wildman–Crippen MR) is 124 cm³/mol. The maximum Gasteiger partial charge on any atom is 0.313 e. The van der Waals surface area contributed by atoms with Crippen molar-refractivity contribution in [1.29, 1.82) is 0 Å². The van der Waals surface area contributed by atoms with E-state index in [1.807, 2.05) is 0 Å². The van der Waals surface area contributed by atoms with Gasteiger partial charge in [-0.3, -0.25) is 9.59 Å². The highest BCUT2D eigenvalue weighted by Gasteiger charge is 2.26. The zero-order valence-corrected chi connectivity index (χ0v) is 19.2. The molecular formula is C23H23N7O5. The molecule has 0 saturated carbocycles. The number of oxazole rings is 1. The fourth-order valence-corrected chi connectivity index (χ4v) is 3.16. The Morgan fingerprint density at radius 3 is 2.57 bits per heavy atom. The number of carbonyl (C=O) groups is 2. The normalized spacial score (nSPS) is 11.1. The van der Waals surface area contributed by atoms with E-state index in [-0.39, 0.29) is 6.61 Å². The Morgan fingerprint density at radius 1 is 1.11 bits per heavy atom. The number of benzene rings is 2. The first-order valence-corrected chi connectivity index (χ1v) is 10.5. The Labute approximate surface area is 200 Å². The Morgan fingerprint density at radius 2 is 1.91 bits per heavy atom. The van der Waals surface area contributed by atoms with Crippen LogP contribution in [0, 0.1) is 0 Å². The van der Waals surface area contributed by atoms with E-state index >= 15 is 0 Å². The minimum atomic E-state index is -0.824. The highest BCUT2D eigenvalue weighted by atomic mass is 16.5. The molecule has 0 unspecified atom stereocenters. The van der Waals surface area contributed by atoms with E-state index in [1.54, 1.807) is 62.5 Å². The van der Waals surface area contributed by atoms with Crippen LogP contribution in [-0.4, -0.2) is 56.7 Å². The van der Waals surface area contributed by atoms with Crippen LogP contribution in [0.25, 0.3) is 22.7 Å². The van der Waals surface area contributed by atoms with Crippen LogP contribution >= 0.6 is 0 Å². The van der Waals surface area contributed by atoms with Gasteiger partial charge in [-0.05, 0) is 60.7 Å². The zero-order valence-electron chi connectivity index (χ0n) is 19.2. The lowest BCUT2D eigenvalue weighted by Gasteiger charge is -2.26. The fraction of sp³-hybridized carbons (Fsp3) is 0.217. The first-order chi connectivity index (χ1) is 16.8. The topological polar surface area (TPSA) is 157 Å². The molecule has 0 aliphatic rings. The molecule has 12 nitrogen and oxygen atoms in total. The summed E-state index contributed by atoms with van der Waals surface area (Å²) < 4.78 is 16.4. The molecule has 3 N–H and O–H groups in total. The number of hydrogen-bond acceptors (Lipinski definition) is 9. The molecule has 0 aliphatic heterocycles. The molecule has 0 spiro atoms. The molecule has 2 aromatic heterocycles. The van der Waals surface area contributed by atoms with Crippen molar-refractivity contribution in [3.05, 3.63) is 55.1 Å². The molecule has 0 saturated heterocycles. The number of aromatic nitrogens is 5. The molecule has 0 aliphatic carbocycles. The minimum Gasteiger partial charge on any atom is -0.496 e. The number of hydrogen-bond donors (Lipinski definition) is 3. The summed E-state index contributed by atoms with van der Waals surface area (Å²) in [5, 5.41) is 18.9. The number of ether oxygens (including phenoxy) is 2. The lowest BCUT2D eigenvalue weighted by molar-refractivity contribution is -0.137. The number of nitrogens with one attached hydrogen (secondary N) is 3. The summed E-state index contributed by atoms with van der Waals surface area (Å²) in [4.78, 5) is 28.9. The van der Waals surface area contributed by atoms with Gasteiger partial charge in [-0.25, -0.2) is 10.1 Å². The monoisotopic (exact) mass is 477 g/mol. The second-order valence-electron chi connectivity index (χ2n) is 8.14. The summed E-state index contributed by atoms with van der Waals surface area (Å²) in [5.74, 6) is 0.484. The van der Waals surface area contributed by atoms with E-state index in [1.165, 1.54) is 13.5 Å². The first-order valence-electron chi connectivity index (χ1n) is 10.5. The summed E-state index contributed by atoms with van der Waals surface area (Å²) in [6, 6.07) is 12.1. The first kappa shape index (κ1) is 23.4. The van der Waals surface area contributed by atoms with Gasteiger partial charge in [-0.15, -0.1) is 5.10 Å². The lowest BCUT2D eigenvalue weighted by Crippen LogP contribution is -2.51.